The smallest absolute Gasteiger partial charge is 0.491 e. The summed E-state index contributed by atoms with van der Waals surface area (Å²) in [5, 5.41) is 10.3. The zero-order chi connectivity index (χ0) is 30.3. The Balaban J connectivity index is 2.01. The van der Waals surface area contributed by atoms with Crippen molar-refractivity contribution in [3.63, 3.8) is 0 Å². The molecule has 3 rings (SSSR count). The maximum atomic E-state index is 13.4. The van der Waals surface area contributed by atoms with Gasteiger partial charge in [0.1, 0.15) is 17.6 Å². The molecule has 216 valence electrons. The predicted molar refractivity (Wildman–Crippen MR) is 142 cm³/mol. The van der Waals surface area contributed by atoms with Gasteiger partial charge in [0.2, 0.25) is 0 Å². The number of nitrogens with two attached hydrogens (primary N) is 1. The number of hydrogen-bond donors (Lipinski definition) is 5. The number of ether oxygens (including phenoxy) is 3. The number of amides is 2. The summed E-state index contributed by atoms with van der Waals surface area (Å²) in [6.07, 6.45) is -5.33. The molecule has 6 N–H and O–H groups in total. The summed E-state index contributed by atoms with van der Waals surface area (Å²) in [7, 11) is 2.69. The number of alkyl halides is 3. The quantitative estimate of drug-likeness (QED) is 0.0823. The second kappa shape index (κ2) is 12.9. The van der Waals surface area contributed by atoms with Gasteiger partial charge in [-0.05, 0) is 30.3 Å². The first-order chi connectivity index (χ1) is 19.4. The molecule has 0 aliphatic rings. The lowest BCUT2D eigenvalue weighted by molar-refractivity contribution is -0.189. The van der Waals surface area contributed by atoms with E-state index < -0.39 is 41.6 Å². The molecule has 15 heteroatoms. The second-order valence-corrected chi connectivity index (χ2v) is 8.48. The van der Waals surface area contributed by atoms with Crippen molar-refractivity contribution in [3.05, 3.63) is 82.4 Å². The molecular weight excluding hydrogens is 571 g/mol. The molecule has 0 saturated heterocycles. The largest absolute Gasteiger partial charge is 0.493 e. The van der Waals surface area contributed by atoms with Crippen LogP contribution in [0.15, 0.2) is 60.7 Å². The fraction of sp³-hybridized carbons (Fsp3) is 0.154. The Hall–Kier alpha value is -4.98. The van der Waals surface area contributed by atoms with E-state index in [4.69, 9.17) is 32.2 Å². The predicted octanol–water partition coefficient (Wildman–Crippen LogP) is 3.72. The van der Waals surface area contributed by atoms with Crippen LogP contribution in [0.3, 0.4) is 0 Å². The number of esters is 1. The Labute approximate surface area is 236 Å². The fourth-order valence-electron chi connectivity index (χ4n) is 3.51. The van der Waals surface area contributed by atoms with E-state index in [1.54, 1.807) is 18.2 Å². The van der Waals surface area contributed by atoms with E-state index >= 15 is 0 Å². The molecule has 0 spiro atoms. The van der Waals surface area contributed by atoms with Gasteiger partial charge in [-0.25, -0.2) is 4.79 Å². The minimum absolute atomic E-state index is 0.0413. The van der Waals surface area contributed by atoms with E-state index in [-0.39, 0.29) is 38.9 Å². The van der Waals surface area contributed by atoms with E-state index in [1.807, 2.05) is 0 Å². The Kier molecular flexibility index (Phi) is 9.63. The van der Waals surface area contributed by atoms with E-state index in [9.17, 15) is 27.6 Å². The lowest BCUT2D eigenvalue weighted by Gasteiger charge is -2.23. The fourth-order valence-corrected chi connectivity index (χ4v) is 3.85. The van der Waals surface area contributed by atoms with Crippen LogP contribution in [-0.4, -0.2) is 44.0 Å². The maximum absolute atomic E-state index is 13.4. The summed E-state index contributed by atoms with van der Waals surface area (Å²) in [5.41, 5.74) is 9.97. The van der Waals surface area contributed by atoms with E-state index in [2.05, 4.69) is 20.9 Å². The zero-order valence-corrected chi connectivity index (χ0v) is 22.1. The average Bonchev–Trinajstić information content (AvgIpc) is 2.94. The van der Waals surface area contributed by atoms with Crippen molar-refractivity contribution in [1.82, 2.24) is 10.9 Å². The number of nitrogens with one attached hydrogen (secondary N) is 4. The van der Waals surface area contributed by atoms with Crippen molar-refractivity contribution < 1.29 is 41.8 Å². The average molecular weight is 594 g/mol. The molecule has 1 unspecified atom stereocenters. The molecule has 0 bridgehead atoms. The molecule has 0 fully saturated rings. The lowest BCUT2D eigenvalue weighted by Crippen LogP contribution is -2.45. The number of carbonyl (C=O) groups is 3. The van der Waals surface area contributed by atoms with Gasteiger partial charge in [-0.15, -0.1) is 0 Å². The molecular formula is C26H23ClF3N5O6. The Morgan fingerprint density at radius 1 is 0.951 bits per heavy atom. The summed E-state index contributed by atoms with van der Waals surface area (Å²) in [5.74, 6) is -5.09. The van der Waals surface area contributed by atoms with Gasteiger partial charge in [0.25, 0.3) is 11.8 Å². The molecule has 41 heavy (non-hydrogen) atoms. The number of carbonyl (C=O) groups excluding carboxylic acids is 3. The molecule has 0 radical (unpaired) electrons. The second-order valence-electron chi connectivity index (χ2n) is 8.10. The number of anilines is 1. The van der Waals surface area contributed by atoms with Crippen molar-refractivity contribution in [2.45, 2.75) is 12.2 Å². The van der Waals surface area contributed by atoms with E-state index in [1.165, 1.54) is 44.6 Å². The van der Waals surface area contributed by atoms with Gasteiger partial charge in [0, 0.05) is 22.9 Å². The van der Waals surface area contributed by atoms with Gasteiger partial charge >= 0.3 is 12.1 Å². The number of nitrogen functional groups attached to an aromatic ring is 1. The number of halogens is 4. The van der Waals surface area contributed by atoms with Crippen molar-refractivity contribution >= 4 is 40.9 Å². The maximum Gasteiger partial charge on any atom is 0.491 e. The van der Waals surface area contributed by atoms with Crippen LogP contribution in [0.1, 0.15) is 27.5 Å². The van der Waals surface area contributed by atoms with Gasteiger partial charge in [0.15, 0.2) is 11.5 Å². The molecule has 3 aromatic carbocycles. The van der Waals surface area contributed by atoms with Crippen LogP contribution in [0, 0.1) is 5.41 Å². The van der Waals surface area contributed by atoms with Crippen LogP contribution < -0.4 is 36.1 Å². The van der Waals surface area contributed by atoms with Crippen LogP contribution in [0.2, 0.25) is 5.02 Å². The van der Waals surface area contributed by atoms with Crippen LogP contribution in [0.25, 0.3) is 0 Å². The molecule has 2 amide bonds. The highest BCUT2D eigenvalue weighted by atomic mass is 35.5. The first kappa shape index (κ1) is 30.6. The first-order valence-corrected chi connectivity index (χ1v) is 11.8. The van der Waals surface area contributed by atoms with E-state index in [0.717, 1.165) is 12.1 Å². The third-order valence-corrected chi connectivity index (χ3v) is 5.83. The van der Waals surface area contributed by atoms with Crippen molar-refractivity contribution in [3.8, 4) is 17.2 Å². The topological polar surface area (TPSA) is 165 Å². The third kappa shape index (κ3) is 7.36. The van der Waals surface area contributed by atoms with Crippen molar-refractivity contribution in [1.29, 1.82) is 5.41 Å². The molecule has 3 aromatic rings. The highest BCUT2D eigenvalue weighted by Gasteiger charge is 2.42. The summed E-state index contributed by atoms with van der Waals surface area (Å²) >= 11 is 6.52. The van der Waals surface area contributed by atoms with Crippen LogP contribution in [0.4, 0.5) is 18.9 Å². The summed E-state index contributed by atoms with van der Waals surface area (Å²) in [6.45, 7) is 0. The molecule has 0 aliphatic carbocycles. The minimum Gasteiger partial charge on any atom is -0.493 e. The molecule has 0 saturated carbocycles. The van der Waals surface area contributed by atoms with Crippen LogP contribution in [-0.2, 0) is 9.59 Å². The SMILES string of the molecule is COc1ccc(C(Nc2ccc(C(=N)N)c(OC(=O)C(F)(F)F)c2)C(=O)NNC(=O)c2ccccc2)c(Cl)c1OC. The molecule has 11 nitrogen and oxygen atoms in total. The third-order valence-electron chi connectivity index (χ3n) is 5.44. The number of benzene rings is 3. The number of amidine groups is 1. The Morgan fingerprint density at radius 3 is 2.22 bits per heavy atom. The molecule has 0 aromatic heterocycles. The van der Waals surface area contributed by atoms with Crippen LogP contribution in [0.5, 0.6) is 17.2 Å². The first-order valence-electron chi connectivity index (χ1n) is 11.5. The standard InChI is InChI=1S/C26H23ClF3N5O6/c1-39-17-11-10-16(19(27)21(17)40-2)20(24(37)35-34-23(36)13-6-4-3-5-7-13)33-14-8-9-15(22(31)32)18(12-14)41-25(38)26(28,29)30/h3-12,20,33H,1-2H3,(H3,31,32)(H,34,36)(H,35,37). The molecule has 1 atom stereocenters. The van der Waals surface area contributed by atoms with E-state index in [0.29, 0.717) is 0 Å². The van der Waals surface area contributed by atoms with Crippen molar-refractivity contribution in [2.75, 3.05) is 19.5 Å². The lowest BCUT2D eigenvalue weighted by atomic mass is 10.0. The van der Waals surface area contributed by atoms with Gasteiger partial charge in [-0.1, -0.05) is 35.9 Å². The molecule has 0 heterocycles. The summed E-state index contributed by atoms with van der Waals surface area (Å²) in [6, 6.07) is 12.8. The number of hydrogen-bond acceptors (Lipinski definition) is 8. The van der Waals surface area contributed by atoms with Gasteiger partial charge in [-0.3, -0.25) is 25.8 Å². The Bertz CT molecular complexity index is 1470. The van der Waals surface area contributed by atoms with Gasteiger partial charge in [-0.2, -0.15) is 13.2 Å². The van der Waals surface area contributed by atoms with Gasteiger partial charge < -0.3 is 25.3 Å². The number of rotatable bonds is 9. The highest BCUT2D eigenvalue weighted by Crippen LogP contribution is 2.40. The van der Waals surface area contributed by atoms with Crippen molar-refractivity contribution in [2.24, 2.45) is 5.73 Å². The normalized spacial score (nSPS) is 11.6. The zero-order valence-electron chi connectivity index (χ0n) is 21.4. The summed E-state index contributed by atoms with van der Waals surface area (Å²) < 4.78 is 53.5. The monoisotopic (exact) mass is 593 g/mol. The number of methoxy groups -OCH3 is 2. The van der Waals surface area contributed by atoms with Crippen LogP contribution >= 0.6 is 11.6 Å². The highest BCUT2D eigenvalue weighted by molar-refractivity contribution is 6.33. The number of hydrazine groups is 1. The Morgan fingerprint density at radius 2 is 1.63 bits per heavy atom. The summed E-state index contributed by atoms with van der Waals surface area (Å²) in [4.78, 5) is 37.3. The van der Waals surface area contributed by atoms with Gasteiger partial charge in [0.05, 0.1) is 24.8 Å². The minimum atomic E-state index is -5.33. The molecule has 0 aliphatic heterocycles.